The van der Waals surface area contributed by atoms with E-state index in [2.05, 4.69) is 43.3 Å². The van der Waals surface area contributed by atoms with E-state index >= 15 is 0 Å². The first-order valence-corrected chi connectivity index (χ1v) is 8.20. The maximum absolute atomic E-state index is 5.78. The van der Waals surface area contributed by atoms with Crippen LogP contribution in [-0.4, -0.2) is 28.4 Å². The van der Waals surface area contributed by atoms with Crippen LogP contribution in [-0.2, 0) is 6.42 Å². The highest BCUT2D eigenvalue weighted by Crippen LogP contribution is 2.15. The quantitative estimate of drug-likeness (QED) is 0.550. The van der Waals surface area contributed by atoms with Crippen molar-refractivity contribution in [3.63, 3.8) is 0 Å². The van der Waals surface area contributed by atoms with Gasteiger partial charge in [0.15, 0.2) is 0 Å². The molecule has 1 rings (SSSR count). The van der Waals surface area contributed by atoms with Crippen LogP contribution in [0.5, 0.6) is 0 Å². The Morgan fingerprint density at radius 2 is 2.14 bits per heavy atom. The van der Waals surface area contributed by atoms with Crippen LogP contribution in [0.1, 0.15) is 12.0 Å². The molecule has 0 aliphatic carbocycles. The number of benzene rings is 1. The van der Waals surface area contributed by atoms with E-state index in [9.17, 15) is 0 Å². The topological polar surface area (TPSA) is 3.24 Å². The van der Waals surface area contributed by atoms with Crippen molar-refractivity contribution in [3.8, 4) is 0 Å². The average Bonchev–Trinajstić information content (AvgIpc) is 2.19. The van der Waals surface area contributed by atoms with Gasteiger partial charge in [0.1, 0.15) is 0 Å². The molecule has 0 spiro atoms. The molecule has 0 aliphatic rings. The molecule has 0 aromatic heterocycles. The van der Waals surface area contributed by atoms with Crippen molar-refractivity contribution in [3.05, 3.63) is 29.8 Å². The zero-order valence-corrected chi connectivity index (χ0v) is 11.1. The van der Waals surface area contributed by atoms with E-state index in [1.807, 2.05) is 0 Å². The molecule has 0 amide bonds. The molecule has 3 heteroatoms. The largest absolute Gasteiger partial charge is 0.378 e. The Morgan fingerprint density at radius 1 is 1.36 bits per heavy atom. The molecular weight excluding hydrogens is 209 g/mol. The van der Waals surface area contributed by atoms with Crippen LogP contribution in [0.15, 0.2) is 24.3 Å². The zero-order valence-electron chi connectivity index (χ0n) is 8.96. The molecule has 0 bridgehead atoms. The van der Waals surface area contributed by atoms with Gasteiger partial charge in [0.2, 0.25) is 0 Å². The summed E-state index contributed by atoms with van der Waals surface area (Å²) in [5.41, 5.74) is 2.71. The second-order valence-electron chi connectivity index (χ2n) is 3.71. The van der Waals surface area contributed by atoms with Gasteiger partial charge in [-0.3, -0.25) is 10.0 Å². The predicted octanol–water partition coefficient (Wildman–Crippen LogP) is 2.69. The third kappa shape index (κ3) is 3.92. The lowest BCUT2D eigenvalue weighted by molar-refractivity contribution is 0.916. The second kappa shape index (κ2) is 6.35. The minimum atomic E-state index is -0.265. The first kappa shape index (κ1) is 11.9. The summed E-state index contributed by atoms with van der Waals surface area (Å²) in [5.74, 6) is 0. The lowest BCUT2D eigenvalue weighted by Gasteiger charge is -2.13. The molecule has 0 heterocycles. The summed E-state index contributed by atoms with van der Waals surface area (Å²) < 4.78 is 0. The van der Waals surface area contributed by atoms with Crippen LogP contribution in [0, 0.1) is 0 Å². The molecule has 0 fully saturated rings. The van der Waals surface area contributed by atoms with Crippen molar-refractivity contribution in [2.45, 2.75) is 18.1 Å². The van der Waals surface area contributed by atoms with Gasteiger partial charge in [0.05, 0.1) is 0 Å². The Labute approximate surface area is 97.0 Å². The van der Waals surface area contributed by atoms with E-state index in [1.54, 1.807) is 0 Å². The molecule has 0 unspecified atom stereocenters. The highest BCUT2D eigenvalue weighted by Gasteiger charge is 1.98. The number of rotatable bonds is 5. The summed E-state index contributed by atoms with van der Waals surface area (Å²) in [6.45, 7) is 0. The summed E-state index contributed by atoms with van der Waals surface area (Å²) in [4.78, 5) is 2.14. The van der Waals surface area contributed by atoms with E-state index in [0.717, 1.165) is 0 Å². The first-order chi connectivity index (χ1) is 6.74. The number of hydrogen-bond donors (Lipinski definition) is 0. The summed E-state index contributed by atoms with van der Waals surface area (Å²) in [5, 5.41) is 1.24. The number of aryl methyl sites for hydroxylation is 1. The van der Waals surface area contributed by atoms with Gasteiger partial charge in [0.25, 0.3) is 0 Å². The van der Waals surface area contributed by atoms with Crippen molar-refractivity contribution in [2.24, 2.45) is 0 Å². The summed E-state index contributed by atoms with van der Waals surface area (Å²) in [6.07, 6.45) is 2.41. The highest BCUT2D eigenvalue weighted by atomic mass is 35.6. The minimum Gasteiger partial charge on any atom is -0.378 e. The molecule has 0 atom stereocenters. The summed E-state index contributed by atoms with van der Waals surface area (Å²) >= 11 is -0.265. The number of hydrogen-bond acceptors (Lipinski definition) is 1. The highest BCUT2D eigenvalue weighted by molar-refractivity contribution is 6.93. The first-order valence-electron chi connectivity index (χ1n) is 5.06. The molecule has 0 saturated carbocycles. The van der Waals surface area contributed by atoms with E-state index in [0.29, 0.717) is 0 Å². The van der Waals surface area contributed by atoms with Gasteiger partial charge in [-0.2, -0.15) is 0 Å². The SMILES string of the molecule is CN(C)c1cccc(CC[CH2][AlH][Cl])c1. The third-order valence-corrected chi connectivity index (χ3v) is 3.85. The van der Waals surface area contributed by atoms with Crippen LogP contribution in [0.4, 0.5) is 5.69 Å². The summed E-state index contributed by atoms with van der Waals surface area (Å²) in [7, 11) is 9.93. The van der Waals surface area contributed by atoms with Crippen LogP contribution in [0.2, 0.25) is 5.28 Å². The molecular formula is C11H17AlClN. The van der Waals surface area contributed by atoms with Gasteiger partial charge < -0.3 is 4.90 Å². The monoisotopic (exact) mass is 225 g/mol. The van der Waals surface area contributed by atoms with Crippen molar-refractivity contribution in [2.75, 3.05) is 19.0 Å². The van der Waals surface area contributed by atoms with Gasteiger partial charge in [-0.25, -0.2) is 0 Å². The van der Waals surface area contributed by atoms with Crippen molar-refractivity contribution >= 4 is 30.0 Å². The Balaban J connectivity index is 2.55. The second-order valence-corrected chi connectivity index (χ2v) is 5.93. The molecule has 0 radical (unpaired) electrons. The third-order valence-electron chi connectivity index (χ3n) is 2.28. The van der Waals surface area contributed by atoms with Gasteiger partial charge >= 0.3 is 14.3 Å². The average molecular weight is 226 g/mol. The van der Waals surface area contributed by atoms with Crippen molar-refractivity contribution < 1.29 is 0 Å². The zero-order chi connectivity index (χ0) is 10.4. The van der Waals surface area contributed by atoms with Crippen molar-refractivity contribution in [1.82, 2.24) is 0 Å². The number of anilines is 1. The smallest absolute Gasteiger partial charge is 0.376 e. The maximum atomic E-state index is 5.78. The van der Waals surface area contributed by atoms with E-state index in [1.165, 1.54) is 29.4 Å². The van der Waals surface area contributed by atoms with Gasteiger partial charge in [-0.15, -0.1) is 0 Å². The fraction of sp³-hybridized carbons (Fsp3) is 0.455. The van der Waals surface area contributed by atoms with Crippen LogP contribution in [0.3, 0.4) is 0 Å². The van der Waals surface area contributed by atoms with E-state index in [-0.39, 0.29) is 14.3 Å². The molecule has 0 aliphatic heterocycles. The molecule has 1 aromatic carbocycles. The normalized spacial score (nSPS) is 9.93. The van der Waals surface area contributed by atoms with Crippen LogP contribution in [0.25, 0.3) is 0 Å². The van der Waals surface area contributed by atoms with Crippen LogP contribution >= 0.6 is 10.0 Å². The maximum Gasteiger partial charge on any atom is 0.376 e. The lowest BCUT2D eigenvalue weighted by atomic mass is 10.1. The molecule has 14 heavy (non-hydrogen) atoms. The van der Waals surface area contributed by atoms with Gasteiger partial charge in [-0.05, 0) is 24.1 Å². The molecule has 1 aromatic rings. The van der Waals surface area contributed by atoms with E-state index < -0.39 is 0 Å². The van der Waals surface area contributed by atoms with Gasteiger partial charge in [-0.1, -0.05) is 23.8 Å². The molecule has 1 nitrogen and oxygen atoms in total. The van der Waals surface area contributed by atoms with Gasteiger partial charge in [0, 0.05) is 19.8 Å². The minimum absolute atomic E-state index is 0.265. The molecule has 0 N–H and O–H groups in total. The Hall–Kier alpha value is -0.158. The van der Waals surface area contributed by atoms with Crippen LogP contribution < -0.4 is 4.90 Å². The number of halogens is 1. The fourth-order valence-corrected chi connectivity index (χ4v) is 2.42. The Bertz CT molecular complexity index is 276. The predicted molar refractivity (Wildman–Crippen MR) is 66.9 cm³/mol. The lowest BCUT2D eigenvalue weighted by Crippen LogP contribution is -2.08. The number of nitrogens with zero attached hydrogens (tertiary/aromatic N) is 1. The van der Waals surface area contributed by atoms with Crippen molar-refractivity contribution in [1.29, 1.82) is 0 Å². The Morgan fingerprint density at radius 3 is 2.79 bits per heavy atom. The van der Waals surface area contributed by atoms with E-state index in [4.69, 9.17) is 10.0 Å². The molecule has 76 valence electrons. The fourth-order valence-electron chi connectivity index (χ4n) is 1.41. The molecule has 0 saturated heterocycles. The Kier molecular flexibility index (Phi) is 5.40. The standard InChI is InChI=1S/C11H16N.Al.ClH.H/c1-4-6-10-7-5-8-11(9-10)12(2)3;;;/h5,7-9H,1,4,6H2,2-3H3;;1H;/q;+1;;/p-1. The summed E-state index contributed by atoms with van der Waals surface area (Å²) in [6, 6.07) is 8.72.